The first-order chi connectivity index (χ1) is 8.40. The fraction of sp³-hybridized carbons (Fsp3) is 0.154. The summed E-state index contributed by atoms with van der Waals surface area (Å²) in [5.41, 5.74) is 2.43. The van der Waals surface area contributed by atoms with Crippen LogP contribution in [0.3, 0.4) is 0 Å². The van der Waals surface area contributed by atoms with Crippen LogP contribution < -0.4 is 5.32 Å². The molecule has 0 aliphatic heterocycles. The molecule has 0 aliphatic rings. The molecule has 0 amide bonds. The lowest BCUT2D eigenvalue weighted by Crippen LogP contribution is -2.06. The number of aromatic nitrogens is 2. The van der Waals surface area contributed by atoms with Crippen molar-refractivity contribution in [2.24, 2.45) is 0 Å². The molecule has 2 aromatic rings. The fourth-order valence-electron chi connectivity index (χ4n) is 1.53. The second-order valence-corrected chi connectivity index (χ2v) is 3.54. The van der Waals surface area contributed by atoms with Crippen molar-refractivity contribution in [3.63, 3.8) is 0 Å². The van der Waals surface area contributed by atoms with Crippen LogP contribution in [0.5, 0.6) is 0 Å². The third kappa shape index (κ3) is 3.02. The van der Waals surface area contributed by atoms with Gasteiger partial charge in [-0.3, -0.25) is 4.98 Å². The van der Waals surface area contributed by atoms with E-state index in [0.29, 0.717) is 5.69 Å². The van der Waals surface area contributed by atoms with Gasteiger partial charge in [0.15, 0.2) is 5.69 Å². The van der Waals surface area contributed by atoms with Crippen LogP contribution in [0.25, 0.3) is 0 Å². The van der Waals surface area contributed by atoms with Gasteiger partial charge in [0.25, 0.3) is 0 Å². The van der Waals surface area contributed by atoms with Crippen LogP contribution in [-0.4, -0.2) is 16.5 Å². The van der Waals surface area contributed by atoms with Crippen molar-refractivity contribution < 1.29 is 0 Å². The van der Waals surface area contributed by atoms with Gasteiger partial charge in [0.05, 0.1) is 5.69 Å². The molecule has 0 saturated heterocycles. The summed E-state index contributed by atoms with van der Waals surface area (Å²) in [4.78, 5) is 7.95. The molecular formula is C13H12N4. The van der Waals surface area contributed by atoms with E-state index in [2.05, 4.69) is 21.4 Å². The van der Waals surface area contributed by atoms with Crippen molar-refractivity contribution in [2.75, 3.05) is 11.9 Å². The lowest BCUT2D eigenvalue weighted by Gasteiger charge is -2.06. The highest BCUT2D eigenvalue weighted by Crippen LogP contribution is 2.10. The number of nitriles is 1. The van der Waals surface area contributed by atoms with Crippen LogP contribution in [0.4, 0.5) is 5.69 Å². The lowest BCUT2D eigenvalue weighted by molar-refractivity contribution is 1.01. The SMILES string of the molecule is N#Cc1ncccc1NCCc1ccncc1. The molecule has 0 radical (unpaired) electrons. The second-order valence-electron chi connectivity index (χ2n) is 3.54. The van der Waals surface area contributed by atoms with Gasteiger partial charge in [0, 0.05) is 25.1 Å². The maximum atomic E-state index is 8.87. The van der Waals surface area contributed by atoms with Crippen molar-refractivity contribution in [2.45, 2.75) is 6.42 Å². The summed E-state index contributed by atoms with van der Waals surface area (Å²) in [5.74, 6) is 0. The standard InChI is InChI=1S/C13H12N4/c14-10-13-12(2-1-6-16-13)17-9-5-11-3-7-15-8-4-11/h1-4,6-8,17H,5,9H2. The van der Waals surface area contributed by atoms with Gasteiger partial charge < -0.3 is 5.32 Å². The lowest BCUT2D eigenvalue weighted by atomic mass is 10.2. The maximum Gasteiger partial charge on any atom is 0.163 e. The van der Waals surface area contributed by atoms with Gasteiger partial charge in [-0.05, 0) is 36.2 Å². The molecule has 2 rings (SSSR count). The maximum absolute atomic E-state index is 8.87. The van der Waals surface area contributed by atoms with E-state index in [-0.39, 0.29) is 0 Å². The van der Waals surface area contributed by atoms with Gasteiger partial charge in [-0.2, -0.15) is 5.26 Å². The third-order valence-corrected chi connectivity index (χ3v) is 2.39. The summed E-state index contributed by atoms with van der Waals surface area (Å²) in [5, 5.41) is 12.1. The molecule has 4 heteroatoms. The Labute approximate surface area is 100.0 Å². The summed E-state index contributed by atoms with van der Waals surface area (Å²) < 4.78 is 0. The van der Waals surface area contributed by atoms with Gasteiger partial charge in [0.1, 0.15) is 6.07 Å². The Balaban J connectivity index is 1.93. The Morgan fingerprint density at radius 3 is 2.76 bits per heavy atom. The van der Waals surface area contributed by atoms with Crippen molar-refractivity contribution in [1.82, 2.24) is 9.97 Å². The first-order valence-corrected chi connectivity index (χ1v) is 5.38. The van der Waals surface area contributed by atoms with Gasteiger partial charge in [-0.1, -0.05) is 0 Å². The van der Waals surface area contributed by atoms with E-state index in [9.17, 15) is 0 Å². The smallest absolute Gasteiger partial charge is 0.163 e. The highest BCUT2D eigenvalue weighted by atomic mass is 14.9. The number of nitrogens with one attached hydrogen (secondary N) is 1. The quantitative estimate of drug-likeness (QED) is 0.862. The zero-order chi connectivity index (χ0) is 11.9. The molecule has 0 aliphatic carbocycles. The van der Waals surface area contributed by atoms with Crippen LogP contribution in [0.1, 0.15) is 11.3 Å². The minimum absolute atomic E-state index is 0.433. The van der Waals surface area contributed by atoms with E-state index in [4.69, 9.17) is 5.26 Å². The predicted octanol–water partition coefficient (Wildman–Crippen LogP) is 2.00. The second kappa shape index (κ2) is 5.61. The monoisotopic (exact) mass is 224 g/mol. The summed E-state index contributed by atoms with van der Waals surface area (Å²) in [6.45, 7) is 0.768. The Morgan fingerprint density at radius 2 is 2.00 bits per heavy atom. The number of nitrogens with zero attached hydrogens (tertiary/aromatic N) is 3. The Hall–Kier alpha value is -2.41. The van der Waals surface area contributed by atoms with E-state index in [1.54, 1.807) is 18.6 Å². The summed E-state index contributed by atoms with van der Waals surface area (Å²) >= 11 is 0. The summed E-state index contributed by atoms with van der Waals surface area (Å²) in [6.07, 6.45) is 6.06. The zero-order valence-corrected chi connectivity index (χ0v) is 9.30. The molecule has 0 bridgehead atoms. The van der Waals surface area contributed by atoms with Gasteiger partial charge >= 0.3 is 0 Å². The Morgan fingerprint density at radius 1 is 1.18 bits per heavy atom. The van der Waals surface area contributed by atoms with E-state index in [0.717, 1.165) is 18.7 Å². The topological polar surface area (TPSA) is 61.6 Å². The molecule has 2 heterocycles. The predicted molar refractivity (Wildman–Crippen MR) is 65.4 cm³/mol. The average molecular weight is 224 g/mol. The number of anilines is 1. The molecule has 84 valence electrons. The number of rotatable bonds is 4. The fourth-order valence-corrected chi connectivity index (χ4v) is 1.53. The largest absolute Gasteiger partial charge is 0.382 e. The molecule has 4 nitrogen and oxygen atoms in total. The zero-order valence-electron chi connectivity index (χ0n) is 9.30. The molecule has 0 atom stereocenters. The minimum atomic E-state index is 0.433. The van der Waals surface area contributed by atoms with Crippen LogP contribution in [0.2, 0.25) is 0 Å². The highest BCUT2D eigenvalue weighted by molar-refractivity contribution is 5.53. The molecular weight excluding hydrogens is 212 g/mol. The normalized spacial score (nSPS) is 9.59. The van der Waals surface area contributed by atoms with Gasteiger partial charge in [-0.25, -0.2) is 4.98 Å². The molecule has 17 heavy (non-hydrogen) atoms. The molecule has 0 saturated carbocycles. The van der Waals surface area contributed by atoms with E-state index >= 15 is 0 Å². The third-order valence-electron chi connectivity index (χ3n) is 2.39. The Bertz CT molecular complexity index is 516. The van der Waals surface area contributed by atoms with Gasteiger partial charge in [0.2, 0.25) is 0 Å². The molecule has 2 aromatic heterocycles. The van der Waals surface area contributed by atoms with Crippen molar-refractivity contribution in [3.05, 3.63) is 54.1 Å². The van der Waals surface area contributed by atoms with E-state index < -0.39 is 0 Å². The molecule has 0 aromatic carbocycles. The van der Waals surface area contributed by atoms with Crippen LogP contribution in [0.15, 0.2) is 42.9 Å². The van der Waals surface area contributed by atoms with Crippen molar-refractivity contribution in [1.29, 1.82) is 5.26 Å². The number of hydrogen-bond acceptors (Lipinski definition) is 4. The molecule has 0 fully saturated rings. The van der Waals surface area contributed by atoms with E-state index in [1.807, 2.05) is 24.3 Å². The van der Waals surface area contributed by atoms with Crippen LogP contribution in [-0.2, 0) is 6.42 Å². The average Bonchev–Trinajstić information content (AvgIpc) is 2.40. The minimum Gasteiger partial charge on any atom is -0.382 e. The highest BCUT2D eigenvalue weighted by Gasteiger charge is 2.00. The van der Waals surface area contributed by atoms with E-state index in [1.165, 1.54) is 5.56 Å². The van der Waals surface area contributed by atoms with Crippen molar-refractivity contribution >= 4 is 5.69 Å². The number of pyridine rings is 2. The van der Waals surface area contributed by atoms with Crippen molar-refractivity contribution in [3.8, 4) is 6.07 Å². The Kier molecular flexibility index (Phi) is 3.66. The summed E-state index contributed by atoms with van der Waals surface area (Å²) in [6, 6.07) is 9.70. The summed E-state index contributed by atoms with van der Waals surface area (Å²) in [7, 11) is 0. The first kappa shape index (κ1) is 11.1. The number of hydrogen-bond donors (Lipinski definition) is 1. The molecule has 0 spiro atoms. The molecule has 1 N–H and O–H groups in total. The van der Waals surface area contributed by atoms with Crippen LogP contribution in [0, 0.1) is 11.3 Å². The van der Waals surface area contributed by atoms with Crippen LogP contribution >= 0.6 is 0 Å². The van der Waals surface area contributed by atoms with Gasteiger partial charge in [-0.15, -0.1) is 0 Å². The molecule has 0 unspecified atom stereocenters. The first-order valence-electron chi connectivity index (χ1n) is 5.38.